The van der Waals surface area contributed by atoms with Crippen LogP contribution in [0.3, 0.4) is 0 Å². The molecule has 0 radical (unpaired) electrons. The maximum absolute atomic E-state index is 11.9. The van der Waals surface area contributed by atoms with Gasteiger partial charge in [-0.1, -0.05) is 0 Å². The molecule has 0 aromatic carbocycles. The maximum atomic E-state index is 11.9. The van der Waals surface area contributed by atoms with Crippen LogP contribution in [0.2, 0.25) is 0 Å². The molecular formula is C11H14N4O4. The quantitative estimate of drug-likeness (QED) is 0.705. The molecule has 0 spiro atoms. The van der Waals surface area contributed by atoms with Crippen LogP contribution in [-0.4, -0.2) is 48.1 Å². The number of ether oxygens (including phenoxy) is 1. The number of fused-ring (bicyclic) bond motifs is 1. The number of rotatable bonds is 2. The second kappa shape index (κ2) is 4.41. The van der Waals surface area contributed by atoms with Crippen molar-refractivity contribution in [2.45, 2.75) is 24.9 Å². The first-order valence-corrected chi connectivity index (χ1v) is 5.94. The average molecular weight is 266 g/mol. The lowest BCUT2D eigenvalue weighted by atomic mass is 10.2. The highest BCUT2D eigenvalue weighted by atomic mass is 16.5. The molecule has 0 aliphatic carbocycles. The van der Waals surface area contributed by atoms with Gasteiger partial charge in [0.05, 0.1) is 25.4 Å². The fourth-order valence-corrected chi connectivity index (χ4v) is 2.26. The summed E-state index contributed by atoms with van der Waals surface area (Å²) in [5.41, 5.74) is 0.440. The Morgan fingerprint density at radius 1 is 1.47 bits per heavy atom. The first kappa shape index (κ1) is 12.3. The van der Waals surface area contributed by atoms with Crippen molar-refractivity contribution >= 4 is 11.2 Å². The van der Waals surface area contributed by atoms with E-state index < -0.39 is 18.4 Å². The molecule has 102 valence electrons. The summed E-state index contributed by atoms with van der Waals surface area (Å²) in [4.78, 5) is 20.1. The molecular weight excluding hydrogens is 252 g/mol. The van der Waals surface area contributed by atoms with Crippen molar-refractivity contribution in [1.82, 2.24) is 19.1 Å². The number of hydrogen-bond donors (Lipinski definition) is 2. The van der Waals surface area contributed by atoms with Crippen LogP contribution in [-0.2, 0) is 11.8 Å². The zero-order chi connectivity index (χ0) is 13.6. The van der Waals surface area contributed by atoms with E-state index in [0.717, 1.165) is 0 Å². The van der Waals surface area contributed by atoms with Gasteiger partial charge in [-0.2, -0.15) is 0 Å². The van der Waals surface area contributed by atoms with Gasteiger partial charge in [-0.15, -0.1) is 0 Å². The lowest BCUT2D eigenvalue weighted by Gasteiger charge is -2.13. The number of aryl methyl sites for hydroxylation is 1. The molecule has 1 saturated heterocycles. The summed E-state index contributed by atoms with van der Waals surface area (Å²) in [6.07, 6.45) is 1.38. The Labute approximate surface area is 107 Å². The Kier molecular flexibility index (Phi) is 2.85. The van der Waals surface area contributed by atoms with Gasteiger partial charge in [0.25, 0.3) is 5.56 Å². The van der Waals surface area contributed by atoms with Crippen molar-refractivity contribution < 1.29 is 14.9 Å². The highest BCUT2D eigenvalue weighted by Crippen LogP contribution is 2.29. The van der Waals surface area contributed by atoms with Crippen molar-refractivity contribution in [3.8, 4) is 0 Å². The largest absolute Gasteiger partial charge is 0.394 e. The third-order valence-electron chi connectivity index (χ3n) is 3.34. The average Bonchev–Trinajstić information content (AvgIpc) is 2.97. The Morgan fingerprint density at radius 2 is 2.26 bits per heavy atom. The van der Waals surface area contributed by atoms with E-state index in [0.29, 0.717) is 12.1 Å². The molecule has 1 fully saturated rings. The third-order valence-corrected chi connectivity index (χ3v) is 3.34. The van der Waals surface area contributed by atoms with E-state index >= 15 is 0 Å². The fourth-order valence-electron chi connectivity index (χ4n) is 2.26. The van der Waals surface area contributed by atoms with E-state index in [1.54, 1.807) is 11.6 Å². The molecule has 2 N–H and O–H groups in total. The fraction of sp³-hybridized carbons (Fsp3) is 0.545. The monoisotopic (exact) mass is 266 g/mol. The topological polar surface area (TPSA) is 102 Å². The van der Waals surface area contributed by atoms with Gasteiger partial charge in [-0.3, -0.25) is 9.36 Å². The Hall–Kier alpha value is -1.77. The number of aliphatic hydroxyl groups excluding tert-OH is 2. The van der Waals surface area contributed by atoms with Gasteiger partial charge in [0.1, 0.15) is 12.3 Å². The minimum Gasteiger partial charge on any atom is -0.394 e. The summed E-state index contributed by atoms with van der Waals surface area (Å²) in [6, 6.07) is 0. The van der Waals surface area contributed by atoms with Crippen LogP contribution in [0.5, 0.6) is 0 Å². The summed E-state index contributed by atoms with van der Waals surface area (Å²) in [6.45, 7) is -0.251. The predicted molar refractivity (Wildman–Crippen MR) is 64.4 cm³/mol. The molecule has 1 aliphatic heterocycles. The molecule has 2 aromatic heterocycles. The lowest BCUT2D eigenvalue weighted by molar-refractivity contribution is -0.0432. The smallest absolute Gasteiger partial charge is 0.281 e. The highest BCUT2D eigenvalue weighted by molar-refractivity contribution is 5.69. The minimum absolute atomic E-state index is 0.235. The van der Waals surface area contributed by atoms with E-state index in [4.69, 9.17) is 9.84 Å². The van der Waals surface area contributed by atoms with E-state index in [-0.39, 0.29) is 17.7 Å². The third kappa shape index (κ3) is 1.84. The van der Waals surface area contributed by atoms with Crippen molar-refractivity contribution in [2.75, 3.05) is 6.61 Å². The number of aromatic nitrogens is 4. The lowest BCUT2D eigenvalue weighted by Crippen LogP contribution is -2.24. The predicted octanol–water partition coefficient (Wildman–Crippen LogP) is -1.23. The molecule has 8 heteroatoms. The maximum Gasteiger partial charge on any atom is 0.281 e. The zero-order valence-corrected chi connectivity index (χ0v) is 10.3. The standard InChI is InChI=1S/C11H14N4O4/c1-14-4-13-10-9(11(14)18)12-5-15(10)8-2-6(17)7(3-16)19-8/h4-8,16-17H,2-3H2,1H3. The van der Waals surface area contributed by atoms with E-state index in [2.05, 4.69) is 9.97 Å². The van der Waals surface area contributed by atoms with E-state index in [1.165, 1.54) is 17.2 Å². The molecule has 0 amide bonds. The first-order chi connectivity index (χ1) is 9.11. The first-order valence-electron chi connectivity index (χ1n) is 5.94. The van der Waals surface area contributed by atoms with Crippen LogP contribution in [0, 0.1) is 0 Å². The second-order valence-corrected chi connectivity index (χ2v) is 4.60. The molecule has 3 heterocycles. The Balaban J connectivity index is 2.03. The van der Waals surface area contributed by atoms with Gasteiger partial charge in [-0.05, 0) is 0 Å². The van der Waals surface area contributed by atoms with Gasteiger partial charge in [0.2, 0.25) is 0 Å². The van der Waals surface area contributed by atoms with Crippen molar-refractivity contribution in [3.05, 3.63) is 23.0 Å². The Bertz CT molecular complexity index is 664. The molecule has 8 nitrogen and oxygen atoms in total. The normalized spacial score (nSPS) is 27.2. The highest BCUT2D eigenvalue weighted by Gasteiger charge is 2.35. The van der Waals surface area contributed by atoms with Crippen LogP contribution in [0.1, 0.15) is 12.6 Å². The molecule has 0 bridgehead atoms. The van der Waals surface area contributed by atoms with Gasteiger partial charge >= 0.3 is 0 Å². The second-order valence-electron chi connectivity index (χ2n) is 4.60. The number of aliphatic hydroxyl groups is 2. The van der Waals surface area contributed by atoms with Gasteiger partial charge in [-0.25, -0.2) is 9.97 Å². The molecule has 2 aromatic rings. The SMILES string of the molecule is Cn1cnc2c(ncn2C2CC(O)C(CO)O2)c1=O. The minimum atomic E-state index is -0.737. The number of hydrogen-bond acceptors (Lipinski definition) is 6. The zero-order valence-electron chi connectivity index (χ0n) is 10.3. The van der Waals surface area contributed by atoms with Crippen molar-refractivity contribution in [2.24, 2.45) is 7.05 Å². The summed E-state index contributed by atoms with van der Waals surface area (Å²) >= 11 is 0. The Morgan fingerprint density at radius 3 is 2.95 bits per heavy atom. The number of nitrogens with zero attached hydrogens (tertiary/aromatic N) is 4. The van der Waals surface area contributed by atoms with Gasteiger partial charge < -0.3 is 19.5 Å². The summed E-state index contributed by atoms with van der Waals surface area (Å²) in [5, 5.41) is 18.8. The van der Waals surface area contributed by atoms with Crippen molar-refractivity contribution in [1.29, 1.82) is 0 Å². The van der Waals surface area contributed by atoms with E-state index in [1.807, 2.05) is 0 Å². The van der Waals surface area contributed by atoms with Gasteiger partial charge in [0.15, 0.2) is 11.2 Å². The molecule has 1 aliphatic rings. The summed E-state index contributed by atoms with van der Waals surface area (Å²) in [7, 11) is 1.60. The summed E-state index contributed by atoms with van der Waals surface area (Å²) in [5.74, 6) is 0. The van der Waals surface area contributed by atoms with Crippen LogP contribution in [0.4, 0.5) is 0 Å². The number of imidazole rings is 1. The molecule has 3 rings (SSSR count). The van der Waals surface area contributed by atoms with Crippen LogP contribution in [0.15, 0.2) is 17.4 Å². The van der Waals surface area contributed by atoms with Crippen molar-refractivity contribution in [3.63, 3.8) is 0 Å². The molecule has 3 unspecified atom stereocenters. The van der Waals surface area contributed by atoms with Crippen LogP contribution >= 0.6 is 0 Å². The molecule has 19 heavy (non-hydrogen) atoms. The van der Waals surface area contributed by atoms with Crippen LogP contribution in [0.25, 0.3) is 11.2 Å². The molecule has 3 atom stereocenters. The van der Waals surface area contributed by atoms with Crippen LogP contribution < -0.4 is 5.56 Å². The summed E-state index contributed by atoms with van der Waals surface area (Å²) < 4.78 is 8.47. The van der Waals surface area contributed by atoms with E-state index in [9.17, 15) is 9.90 Å². The molecule has 0 saturated carbocycles. The van der Waals surface area contributed by atoms with Gasteiger partial charge in [0, 0.05) is 13.5 Å².